The Hall–Kier alpha value is -3.13. The van der Waals surface area contributed by atoms with E-state index >= 15 is 0 Å². The second-order valence-corrected chi connectivity index (χ2v) is 6.48. The molecule has 1 aromatic carbocycles. The monoisotopic (exact) mass is 384 g/mol. The molecule has 0 bridgehead atoms. The molecule has 3 amide bonds. The summed E-state index contributed by atoms with van der Waals surface area (Å²) in [4.78, 5) is 28.1. The van der Waals surface area contributed by atoms with Crippen LogP contribution in [-0.4, -0.2) is 43.3 Å². The predicted octanol–water partition coefficient (Wildman–Crippen LogP) is 2.32. The number of anilines is 1. The zero-order valence-corrected chi connectivity index (χ0v) is 15.7. The number of aromatic nitrogens is 1. The molecule has 8 nitrogen and oxygen atoms in total. The Labute approximate surface area is 163 Å². The first-order valence-electron chi connectivity index (χ1n) is 9.16. The van der Waals surface area contributed by atoms with Gasteiger partial charge in [0, 0.05) is 31.3 Å². The first-order valence-corrected chi connectivity index (χ1v) is 9.16. The summed E-state index contributed by atoms with van der Waals surface area (Å²) in [6.07, 6.45) is 3.64. The number of amides is 3. The van der Waals surface area contributed by atoms with Crippen molar-refractivity contribution in [2.75, 3.05) is 25.6 Å². The van der Waals surface area contributed by atoms with Crippen LogP contribution in [0.5, 0.6) is 5.88 Å². The van der Waals surface area contributed by atoms with E-state index in [4.69, 9.17) is 9.47 Å². The summed E-state index contributed by atoms with van der Waals surface area (Å²) in [5.41, 5.74) is 2.08. The van der Waals surface area contributed by atoms with Gasteiger partial charge in [0.15, 0.2) is 0 Å². The van der Waals surface area contributed by atoms with Crippen molar-refractivity contribution in [3.63, 3.8) is 0 Å². The lowest BCUT2D eigenvalue weighted by Crippen LogP contribution is -2.28. The van der Waals surface area contributed by atoms with Crippen molar-refractivity contribution >= 4 is 17.6 Å². The van der Waals surface area contributed by atoms with Crippen LogP contribution in [0.15, 0.2) is 42.6 Å². The van der Waals surface area contributed by atoms with Crippen molar-refractivity contribution in [2.24, 2.45) is 0 Å². The first kappa shape index (κ1) is 19.6. The number of carbonyl (C=O) groups is 2. The van der Waals surface area contributed by atoms with Crippen LogP contribution < -0.4 is 20.7 Å². The topological polar surface area (TPSA) is 102 Å². The molecule has 2 aromatic rings. The van der Waals surface area contributed by atoms with Gasteiger partial charge in [-0.2, -0.15) is 0 Å². The fraction of sp³-hybridized carbons (Fsp3) is 0.350. The fourth-order valence-corrected chi connectivity index (χ4v) is 2.40. The number of pyridine rings is 1. The van der Waals surface area contributed by atoms with E-state index in [1.165, 1.54) is 6.20 Å². The Bertz CT molecular complexity index is 789. The maximum Gasteiger partial charge on any atom is 0.319 e. The Morgan fingerprint density at radius 3 is 2.54 bits per heavy atom. The largest absolute Gasteiger partial charge is 0.475 e. The highest BCUT2D eigenvalue weighted by atomic mass is 16.5. The predicted molar refractivity (Wildman–Crippen MR) is 104 cm³/mol. The lowest BCUT2D eigenvalue weighted by molar-refractivity contribution is 0.0951. The van der Waals surface area contributed by atoms with Gasteiger partial charge >= 0.3 is 6.03 Å². The van der Waals surface area contributed by atoms with E-state index < -0.39 is 0 Å². The molecule has 1 heterocycles. The molecular formula is C20H24N4O4. The van der Waals surface area contributed by atoms with Gasteiger partial charge in [-0.25, -0.2) is 9.78 Å². The average molecular weight is 384 g/mol. The number of rotatable bonds is 9. The molecular weight excluding hydrogens is 360 g/mol. The van der Waals surface area contributed by atoms with E-state index in [2.05, 4.69) is 20.9 Å². The van der Waals surface area contributed by atoms with Gasteiger partial charge in [-0.05, 0) is 36.6 Å². The smallest absolute Gasteiger partial charge is 0.319 e. The lowest BCUT2D eigenvalue weighted by atomic mass is 10.1. The molecule has 3 N–H and O–H groups in total. The van der Waals surface area contributed by atoms with Crippen molar-refractivity contribution in [1.29, 1.82) is 0 Å². The number of hydrogen-bond acceptors (Lipinski definition) is 5. The van der Waals surface area contributed by atoms with E-state index in [1.54, 1.807) is 31.4 Å². The van der Waals surface area contributed by atoms with Gasteiger partial charge in [0.1, 0.15) is 6.61 Å². The van der Waals surface area contributed by atoms with Crippen LogP contribution in [-0.2, 0) is 11.3 Å². The summed E-state index contributed by atoms with van der Waals surface area (Å²) in [5, 5.41) is 8.42. The molecule has 1 fully saturated rings. The van der Waals surface area contributed by atoms with E-state index in [-0.39, 0.29) is 11.9 Å². The van der Waals surface area contributed by atoms with Crippen molar-refractivity contribution in [2.45, 2.75) is 25.4 Å². The highest BCUT2D eigenvalue weighted by Gasteiger charge is 2.23. The number of hydrogen-bond donors (Lipinski definition) is 3. The third kappa shape index (κ3) is 6.24. The molecule has 0 saturated heterocycles. The van der Waals surface area contributed by atoms with Gasteiger partial charge in [-0.1, -0.05) is 12.1 Å². The first-order chi connectivity index (χ1) is 13.6. The number of methoxy groups -OCH3 is 1. The second-order valence-electron chi connectivity index (χ2n) is 6.48. The Kier molecular flexibility index (Phi) is 6.80. The minimum Gasteiger partial charge on any atom is -0.475 e. The number of ether oxygens (including phenoxy) is 2. The van der Waals surface area contributed by atoms with E-state index in [0.717, 1.165) is 18.4 Å². The molecule has 0 unspecified atom stereocenters. The zero-order chi connectivity index (χ0) is 19.8. The van der Waals surface area contributed by atoms with Crippen LogP contribution in [0.4, 0.5) is 10.5 Å². The summed E-state index contributed by atoms with van der Waals surface area (Å²) >= 11 is 0. The SMILES string of the molecule is COCCOc1ccc(NC(=O)NCc2ccc(C(=O)NC3CC3)cc2)cn1. The maximum absolute atomic E-state index is 12.0. The van der Waals surface area contributed by atoms with Crippen LogP contribution in [0.25, 0.3) is 0 Å². The molecule has 1 aliphatic carbocycles. The summed E-state index contributed by atoms with van der Waals surface area (Å²) in [5.74, 6) is 0.413. The minimum atomic E-state index is -0.342. The van der Waals surface area contributed by atoms with Crippen LogP contribution in [0.1, 0.15) is 28.8 Å². The quantitative estimate of drug-likeness (QED) is 0.576. The van der Waals surface area contributed by atoms with E-state index in [0.29, 0.717) is 42.9 Å². The molecule has 28 heavy (non-hydrogen) atoms. The molecule has 1 aliphatic rings. The average Bonchev–Trinajstić information content (AvgIpc) is 3.52. The molecule has 0 radical (unpaired) electrons. The highest BCUT2D eigenvalue weighted by Crippen LogP contribution is 2.19. The summed E-state index contributed by atoms with van der Waals surface area (Å²) in [7, 11) is 1.60. The molecule has 0 atom stereocenters. The van der Waals surface area contributed by atoms with Crippen molar-refractivity contribution in [3.8, 4) is 5.88 Å². The van der Waals surface area contributed by atoms with E-state index in [1.807, 2.05) is 12.1 Å². The van der Waals surface area contributed by atoms with Gasteiger partial charge in [0.2, 0.25) is 5.88 Å². The Morgan fingerprint density at radius 2 is 1.89 bits per heavy atom. The van der Waals surface area contributed by atoms with Crippen molar-refractivity contribution in [1.82, 2.24) is 15.6 Å². The minimum absolute atomic E-state index is 0.0538. The molecule has 8 heteroatoms. The zero-order valence-electron chi connectivity index (χ0n) is 15.7. The number of nitrogens with zero attached hydrogens (tertiary/aromatic N) is 1. The van der Waals surface area contributed by atoms with Crippen LogP contribution in [0.3, 0.4) is 0 Å². The van der Waals surface area contributed by atoms with Gasteiger partial charge < -0.3 is 25.4 Å². The Morgan fingerprint density at radius 1 is 1.11 bits per heavy atom. The molecule has 3 rings (SSSR count). The van der Waals surface area contributed by atoms with Gasteiger partial charge in [0.25, 0.3) is 5.91 Å². The molecule has 1 saturated carbocycles. The third-order valence-electron chi connectivity index (χ3n) is 4.11. The lowest BCUT2D eigenvalue weighted by Gasteiger charge is -2.09. The van der Waals surface area contributed by atoms with Crippen LogP contribution in [0.2, 0.25) is 0 Å². The van der Waals surface area contributed by atoms with Gasteiger partial charge in [-0.3, -0.25) is 4.79 Å². The number of nitrogens with one attached hydrogen (secondary N) is 3. The molecule has 1 aromatic heterocycles. The van der Waals surface area contributed by atoms with Gasteiger partial charge in [-0.15, -0.1) is 0 Å². The van der Waals surface area contributed by atoms with E-state index in [9.17, 15) is 9.59 Å². The molecule has 0 spiro atoms. The number of urea groups is 1. The molecule has 0 aliphatic heterocycles. The standard InChI is InChI=1S/C20H24N4O4/c1-27-10-11-28-18-9-8-17(13-21-18)24-20(26)22-12-14-2-4-15(5-3-14)19(25)23-16-6-7-16/h2-5,8-9,13,16H,6-7,10-12H2,1H3,(H,23,25)(H2,22,24,26). The summed E-state index contributed by atoms with van der Waals surface area (Å²) in [6, 6.07) is 10.6. The highest BCUT2D eigenvalue weighted by molar-refractivity contribution is 5.94. The number of carbonyl (C=O) groups excluding carboxylic acids is 2. The summed E-state index contributed by atoms with van der Waals surface area (Å²) < 4.78 is 10.3. The Balaban J connectivity index is 1.41. The van der Waals surface area contributed by atoms with Gasteiger partial charge in [0.05, 0.1) is 18.5 Å². The van der Waals surface area contributed by atoms with Crippen LogP contribution in [0, 0.1) is 0 Å². The maximum atomic E-state index is 12.0. The van der Waals surface area contributed by atoms with Crippen molar-refractivity contribution < 1.29 is 19.1 Å². The fourth-order valence-electron chi connectivity index (χ4n) is 2.40. The third-order valence-corrected chi connectivity index (χ3v) is 4.11. The van der Waals surface area contributed by atoms with Crippen molar-refractivity contribution in [3.05, 3.63) is 53.7 Å². The second kappa shape index (κ2) is 9.70. The van der Waals surface area contributed by atoms with Crippen LogP contribution >= 0.6 is 0 Å². The molecule has 148 valence electrons. The number of benzene rings is 1. The normalized spacial score (nSPS) is 12.9. The summed E-state index contributed by atoms with van der Waals surface area (Å²) in [6.45, 7) is 1.25.